The number of anilines is 1. The summed E-state index contributed by atoms with van der Waals surface area (Å²) in [7, 11) is -2.31. The highest BCUT2D eigenvalue weighted by Crippen LogP contribution is 2.21. The molecule has 0 atom stereocenters. The molecule has 0 saturated heterocycles. The van der Waals surface area contributed by atoms with Crippen molar-refractivity contribution < 1.29 is 17.6 Å². The van der Waals surface area contributed by atoms with Gasteiger partial charge in [-0.05, 0) is 48.5 Å². The largest absolute Gasteiger partial charge is 0.423 e. The van der Waals surface area contributed by atoms with Gasteiger partial charge in [0, 0.05) is 29.8 Å². The Balaban J connectivity index is 1.90. The fraction of sp³-hybridized carbons (Fsp3) is 0.0588. The second-order valence-corrected chi connectivity index (χ2v) is 6.90. The van der Waals surface area contributed by atoms with Crippen LogP contribution < -0.4 is 15.7 Å². The van der Waals surface area contributed by atoms with Crippen LogP contribution in [0.4, 0.5) is 5.69 Å². The van der Waals surface area contributed by atoms with Gasteiger partial charge in [-0.3, -0.25) is 9.52 Å². The minimum Gasteiger partial charge on any atom is -0.423 e. The first kappa shape index (κ1) is 16.7. The lowest BCUT2D eigenvalue weighted by Crippen LogP contribution is -2.18. The molecule has 25 heavy (non-hydrogen) atoms. The monoisotopic (exact) mass is 358 g/mol. The average Bonchev–Trinajstić information content (AvgIpc) is 2.60. The Hall–Kier alpha value is -3.13. The smallest absolute Gasteiger partial charge is 0.336 e. The van der Waals surface area contributed by atoms with Gasteiger partial charge in [0.25, 0.3) is 15.9 Å². The normalized spacial score (nSPS) is 11.2. The number of hydrogen-bond donors (Lipinski definition) is 2. The number of nitrogens with one attached hydrogen (secondary N) is 2. The summed E-state index contributed by atoms with van der Waals surface area (Å²) in [6, 6.07) is 13.0. The molecule has 0 radical (unpaired) electrons. The molecule has 2 aromatic carbocycles. The van der Waals surface area contributed by atoms with Gasteiger partial charge in [-0.1, -0.05) is 0 Å². The molecule has 128 valence electrons. The van der Waals surface area contributed by atoms with Crippen LogP contribution in [-0.4, -0.2) is 21.4 Å². The molecular formula is C17H14N2O5S. The van der Waals surface area contributed by atoms with E-state index >= 15 is 0 Å². The highest BCUT2D eigenvalue weighted by atomic mass is 32.2. The molecule has 8 heteroatoms. The summed E-state index contributed by atoms with van der Waals surface area (Å²) >= 11 is 0. The quantitative estimate of drug-likeness (QED) is 0.694. The van der Waals surface area contributed by atoms with Gasteiger partial charge in [0.2, 0.25) is 0 Å². The average molecular weight is 358 g/mol. The van der Waals surface area contributed by atoms with Crippen LogP contribution in [0.3, 0.4) is 0 Å². The Labute approximate surface area is 143 Å². The van der Waals surface area contributed by atoms with E-state index in [1.165, 1.54) is 61.6 Å². The first-order valence-electron chi connectivity index (χ1n) is 7.28. The van der Waals surface area contributed by atoms with Crippen molar-refractivity contribution in [2.24, 2.45) is 0 Å². The van der Waals surface area contributed by atoms with Crippen molar-refractivity contribution in [1.29, 1.82) is 0 Å². The molecule has 0 spiro atoms. The molecule has 7 nitrogen and oxygen atoms in total. The summed E-state index contributed by atoms with van der Waals surface area (Å²) in [6.45, 7) is 0. The van der Waals surface area contributed by atoms with E-state index in [4.69, 9.17) is 4.42 Å². The number of hydrogen-bond acceptors (Lipinski definition) is 5. The zero-order valence-electron chi connectivity index (χ0n) is 13.1. The minimum absolute atomic E-state index is 0.0317. The van der Waals surface area contributed by atoms with E-state index in [-0.39, 0.29) is 10.8 Å². The van der Waals surface area contributed by atoms with Gasteiger partial charge in [-0.2, -0.15) is 0 Å². The summed E-state index contributed by atoms with van der Waals surface area (Å²) in [6.07, 6.45) is 0. The van der Waals surface area contributed by atoms with E-state index in [0.29, 0.717) is 22.2 Å². The van der Waals surface area contributed by atoms with Crippen LogP contribution in [0.1, 0.15) is 10.4 Å². The van der Waals surface area contributed by atoms with Crippen LogP contribution in [0.5, 0.6) is 0 Å². The molecule has 1 amide bonds. The van der Waals surface area contributed by atoms with Gasteiger partial charge in [-0.15, -0.1) is 0 Å². The van der Waals surface area contributed by atoms with Gasteiger partial charge >= 0.3 is 5.63 Å². The van der Waals surface area contributed by atoms with E-state index in [0.717, 1.165) is 0 Å². The molecule has 1 aromatic heterocycles. The van der Waals surface area contributed by atoms with E-state index < -0.39 is 15.6 Å². The number of sulfonamides is 1. The van der Waals surface area contributed by atoms with E-state index in [2.05, 4.69) is 10.0 Å². The first-order valence-corrected chi connectivity index (χ1v) is 8.76. The molecule has 3 rings (SSSR count). The minimum atomic E-state index is -3.82. The Bertz CT molecular complexity index is 1100. The highest BCUT2D eigenvalue weighted by Gasteiger charge is 2.15. The Morgan fingerprint density at radius 2 is 1.72 bits per heavy atom. The molecule has 0 aliphatic carbocycles. The zero-order valence-corrected chi connectivity index (χ0v) is 14.0. The molecule has 0 aliphatic rings. The van der Waals surface area contributed by atoms with Gasteiger partial charge in [-0.25, -0.2) is 13.2 Å². The SMILES string of the molecule is CNC(=O)c1ccc(NS(=O)(=O)c2ccc3oc(=O)ccc3c2)cc1. The molecule has 0 unspecified atom stereocenters. The summed E-state index contributed by atoms with van der Waals surface area (Å²) in [5.74, 6) is -0.259. The van der Waals surface area contributed by atoms with Crippen LogP contribution in [0.2, 0.25) is 0 Å². The van der Waals surface area contributed by atoms with Crippen molar-refractivity contribution in [2.75, 3.05) is 11.8 Å². The number of carbonyl (C=O) groups is 1. The summed E-state index contributed by atoms with van der Waals surface area (Å²) in [5, 5.41) is 2.98. The molecular weight excluding hydrogens is 344 g/mol. The lowest BCUT2D eigenvalue weighted by Gasteiger charge is -2.09. The Morgan fingerprint density at radius 1 is 1.00 bits per heavy atom. The maximum atomic E-state index is 12.5. The Morgan fingerprint density at radius 3 is 2.40 bits per heavy atom. The molecule has 1 heterocycles. The third-order valence-corrected chi connectivity index (χ3v) is 4.91. The van der Waals surface area contributed by atoms with Crippen LogP contribution in [0.25, 0.3) is 11.0 Å². The maximum absolute atomic E-state index is 12.5. The molecule has 0 bridgehead atoms. The predicted octanol–water partition coefficient (Wildman–Crippen LogP) is 1.95. The van der Waals surface area contributed by atoms with Crippen LogP contribution in [0, 0.1) is 0 Å². The fourth-order valence-electron chi connectivity index (χ4n) is 2.27. The maximum Gasteiger partial charge on any atom is 0.336 e. The summed E-state index contributed by atoms with van der Waals surface area (Å²) < 4.78 is 32.4. The summed E-state index contributed by atoms with van der Waals surface area (Å²) in [4.78, 5) is 22.7. The standard InChI is InChI=1S/C17H14N2O5S/c1-18-17(21)11-2-5-13(6-3-11)19-25(22,23)14-7-8-15-12(10-14)4-9-16(20)24-15/h2-10,19H,1H3,(H,18,21). The van der Waals surface area contributed by atoms with Gasteiger partial charge in [0.1, 0.15) is 5.58 Å². The lowest BCUT2D eigenvalue weighted by atomic mass is 10.2. The second-order valence-electron chi connectivity index (χ2n) is 5.22. The van der Waals surface area contributed by atoms with Gasteiger partial charge in [0.15, 0.2) is 0 Å². The summed E-state index contributed by atoms with van der Waals surface area (Å²) in [5.41, 5.74) is 0.553. The molecule has 0 aliphatic heterocycles. The van der Waals surface area contributed by atoms with Gasteiger partial charge in [0.05, 0.1) is 4.90 Å². The number of amides is 1. The van der Waals surface area contributed by atoms with Crippen molar-refractivity contribution in [2.45, 2.75) is 4.90 Å². The van der Waals surface area contributed by atoms with Crippen LogP contribution in [-0.2, 0) is 10.0 Å². The first-order chi connectivity index (χ1) is 11.9. The van der Waals surface area contributed by atoms with E-state index in [9.17, 15) is 18.0 Å². The van der Waals surface area contributed by atoms with E-state index in [1.807, 2.05) is 0 Å². The lowest BCUT2D eigenvalue weighted by molar-refractivity contribution is 0.0963. The number of rotatable bonds is 4. The number of carbonyl (C=O) groups excluding carboxylic acids is 1. The van der Waals surface area contributed by atoms with Crippen molar-refractivity contribution >= 4 is 32.6 Å². The molecule has 0 saturated carbocycles. The van der Waals surface area contributed by atoms with Crippen molar-refractivity contribution in [3.05, 3.63) is 70.6 Å². The third-order valence-electron chi connectivity index (χ3n) is 3.53. The fourth-order valence-corrected chi connectivity index (χ4v) is 3.36. The van der Waals surface area contributed by atoms with Crippen LogP contribution in [0.15, 0.2) is 68.7 Å². The zero-order chi connectivity index (χ0) is 18.0. The van der Waals surface area contributed by atoms with Crippen LogP contribution >= 0.6 is 0 Å². The van der Waals surface area contributed by atoms with E-state index in [1.54, 1.807) is 0 Å². The van der Waals surface area contributed by atoms with Crippen molar-refractivity contribution in [1.82, 2.24) is 5.32 Å². The number of benzene rings is 2. The Kier molecular flexibility index (Phi) is 4.28. The predicted molar refractivity (Wildman–Crippen MR) is 93.1 cm³/mol. The van der Waals surface area contributed by atoms with Crippen molar-refractivity contribution in [3.63, 3.8) is 0 Å². The molecule has 2 N–H and O–H groups in total. The second kappa shape index (κ2) is 6.40. The van der Waals surface area contributed by atoms with Gasteiger partial charge < -0.3 is 9.73 Å². The molecule has 0 fully saturated rings. The third kappa shape index (κ3) is 3.53. The topological polar surface area (TPSA) is 105 Å². The molecule has 3 aromatic rings. The highest BCUT2D eigenvalue weighted by molar-refractivity contribution is 7.92. The van der Waals surface area contributed by atoms with Crippen molar-refractivity contribution in [3.8, 4) is 0 Å². The number of fused-ring (bicyclic) bond motifs is 1.